The minimum Gasteiger partial charge on any atom is -0.491 e. The van der Waals surface area contributed by atoms with Crippen LogP contribution >= 0.6 is 0 Å². The highest BCUT2D eigenvalue weighted by atomic mass is 16.5. The average molecular weight is 264 g/mol. The molecule has 0 spiro atoms. The fraction of sp³-hybridized carbons (Fsp3) is 0.600. The Labute approximate surface area is 115 Å². The minimum absolute atomic E-state index is 0.321. The Balaban J connectivity index is 1.75. The topological polar surface area (TPSA) is 58.7 Å². The van der Waals surface area contributed by atoms with Crippen LogP contribution in [0.5, 0.6) is 5.75 Å². The normalized spacial score (nSPS) is 25.4. The van der Waals surface area contributed by atoms with Crippen LogP contribution in [0.1, 0.15) is 20.3 Å². The van der Waals surface area contributed by atoms with Crippen molar-refractivity contribution in [1.82, 2.24) is 4.90 Å². The summed E-state index contributed by atoms with van der Waals surface area (Å²) in [4.78, 5) is 2.33. The van der Waals surface area contributed by atoms with Crippen LogP contribution in [0.4, 0.5) is 5.69 Å². The number of aliphatic hydroxyl groups excluding tert-OH is 1. The van der Waals surface area contributed by atoms with Crippen molar-refractivity contribution in [1.29, 1.82) is 0 Å². The van der Waals surface area contributed by atoms with E-state index in [-0.39, 0.29) is 0 Å². The van der Waals surface area contributed by atoms with Gasteiger partial charge in [-0.05, 0) is 43.5 Å². The van der Waals surface area contributed by atoms with Crippen molar-refractivity contribution in [3.63, 3.8) is 0 Å². The standard InChI is InChI=1S/C15H24N2O2/c1-11-7-12(2)17(8-11)9-14(18)10-19-15-5-3-13(16)4-6-15/h3-6,11-12,14,18H,7-10,16H2,1-2H3. The summed E-state index contributed by atoms with van der Waals surface area (Å²) in [6.45, 7) is 6.55. The van der Waals surface area contributed by atoms with E-state index < -0.39 is 6.10 Å². The van der Waals surface area contributed by atoms with E-state index in [1.54, 1.807) is 12.1 Å². The fourth-order valence-electron chi connectivity index (χ4n) is 2.72. The van der Waals surface area contributed by atoms with Crippen LogP contribution in [-0.2, 0) is 0 Å². The molecule has 0 aromatic heterocycles. The predicted molar refractivity (Wildman–Crippen MR) is 77.2 cm³/mol. The summed E-state index contributed by atoms with van der Waals surface area (Å²) in [7, 11) is 0. The smallest absolute Gasteiger partial charge is 0.119 e. The van der Waals surface area contributed by atoms with Crippen LogP contribution in [0.25, 0.3) is 0 Å². The number of ether oxygens (including phenoxy) is 1. The van der Waals surface area contributed by atoms with Gasteiger partial charge < -0.3 is 15.6 Å². The zero-order valence-corrected chi connectivity index (χ0v) is 11.7. The molecule has 0 radical (unpaired) electrons. The van der Waals surface area contributed by atoms with Gasteiger partial charge in [-0.1, -0.05) is 6.92 Å². The summed E-state index contributed by atoms with van der Waals surface area (Å²) in [6, 6.07) is 7.80. The van der Waals surface area contributed by atoms with E-state index in [0.29, 0.717) is 24.9 Å². The number of anilines is 1. The zero-order chi connectivity index (χ0) is 13.8. The molecule has 0 amide bonds. The van der Waals surface area contributed by atoms with E-state index in [2.05, 4.69) is 18.7 Å². The molecule has 2 rings (SSSR count). The summed E-state index contributed by atoms with van der Waals surface area (Å²) in [5.74, 6) is 1.47. The Bertz CT molecular complexity index is 394. The first-order chi connectivity index (χ1) is 9.04. The fourth-order valence-corrected chi connectivity index (χ4v) is 2.72. The number of nitrogens with zero attached hydrogens (tertiary/aromatic N) is 1. The maximum absolute atomic E-state index is 10.0. The number of likely N-dealkylation sites (tertiary alicyclic amines) is 1. The van der Waals surface area contributed by atoms with Crippen LogP contribution in [0, 0.1) is 5.92 Å². The van der Waals surface area contributed by atoms with Crippen molar-refractivity contribution in [2.45, 2.75) is 32.4 Å². The van der Waals surface area contributed by atoms with E-state index in [9.17, 15) is 5.11 Å². The summed E-state index contributed by atoms with van der Waals surface area (Å²) < 4.78 is 5.56. The third kappa shape index (κ3) is 4.11. The van der Waals surface area contributed by atoms with Crippen molar-refractivity contribution in [3.8, 4) is 5.75 Å². The third-order valence-electron chi connectivity index (χ3n) is 3.68. The Hall–Kier alpha value is -1.26. The molecule has 1 aliphatic rings. The lowest BCUT2D eigenvalue weighted by molar-refractivity contribution is 0.0655. The van der Waals surface area contributed by atoms with E-state index in [0.717, 1.165) is 18.2 Å². The molecule has 1 fully saturated rings. The molecule has 1 saturated heterocycles. The number of hydrogen-bond acceptors (Lipinski definition) is 4. The largest absolute Gasteiger partial charge is 0.491 e. The second kappa shape index (κ2) is 6.26. The van der Waals surface area contributed by atoms with Gasteiger partial charge in [0.2, 0.25) is 0 Å². The molecule has 3 N–H and O–H groups in total. The van der Waals surface area contributed by atoms with Gasteiger partial charge in [0.05, 0.1) is 0 Å². The highest BCUT2D eigenvalue weighted by Crippen LogP contribution is 2.22. The maximum Gasteiger partial charge on any atom is 0.119 e. The molecule has 106 valence electrons. The highest BCUT2D eigenvalue weighted by molar-refractivity contribution is 5.41. The molecule has 1 aliphatic heterocycles. The van der Waals surface area contributed by atoms with Gasteiger partial charge in [-0.3, -0.25) is 4.90 Å². The summed E-state index contributed by atoms with van der Waals surface area (Å²) in [5, 5.41) is 10.0. The first kappa shape index (κ1) is 14.2. The molecule has 0 bridgehead atoms. The van der Waals surface area contributed by atoms with Crippen molar-refractivity contribution < 1.29 is 9.84 Å². The van der Waals surface area contributed by atoms with E-state index in [1.807, 2.05) is 12.1 Å². The Morgan fingerprint density at radius 1 is 1.37 bits per heavy atom. The number of nitrogen functional groups attached to an aromatic ring is 1. The number of nitrogens with two attached hydrogens (primary N) is 1. The van der Waals surface area contributed by atoms with Crippen molar-refractivity contribution >= 4 is 5.69 Å². The van der Waals surface area contributed by atoms with Gasteiger partial charge in [0, 0.05) is 24.8 Å². The van der Waals surface area contributed by atoms with E-state index >= 15 is 0 Å². The van der Waals surface area contributed by atoms with Crippen LogP contribution in [0.3, 0.4) is 0 Å². The molecule has 3 atom stereocenters. The summed E-state index contributed by atoms with van der Waals surface area (Å²) in [6.07, 6.45) is 0.760. The van der Waals surface area contributed by atoms with Crippen molar-refractivity contribution in [2.75, 3.05) is 25.4 Å². The summed E-state index contributed by atoms with van der Waals surface area (Å²) >= 11 is 0. The van der Waals surface area contributed by atoms with Crippen molar-refractivity contribution in [2.24, 2.45) is 5.92 Å². The number of β-amino-alcohol motifs (C(OH)–C–C–N with tert-alkyl or cyclic N) is 1. The number of benzene rings is 1. The third-order valence-corrected chi connectivity index (χ3v) is 3.68. The molecule has 4 heteroatoms. The second-order valence-corrected chi connectivity index (χ2v) is 5.68. The zero-order valence-electron chi connectivity index (χ0n) is 11.7. The second-order valence-electron chi connectivity index (χ2n) is 5.68. The molecule has 4 nitrogen and oxygen atoms in total. The molecular formula is C15H24N2O2. The van der Waals surface area contributed by atoms with Gasteiger partial charge in [0.25, 0.3) is 0 Å². The molecule has 1 aromatic carbocycles. The van der Waals surface area contributed by atoms with Gasteiger partial charge in [0.15, 0.2) is 0 Å². The monoisotopic (exact) mass is 264 g/mol. The molecular weight excluding hydrogens is 240 g/mol. The van der Waals surface area contributed by atoms with E-state index in [4.69, 9.17) is 10.5 Å². The lowest BCUT2D eigenvalue weighted by Crippen LogP contribution is -2.37. The van der Waals surface area contributed by atoms with Gasteiger partial charge >= 0.3 is 0 Å². The lowest BCUT2D eigenvalue weighted by atomic mass is 10.1. The SMILES string of the molecule is CC1CC(C)N(CC(O)COc2ccc(N)cc2)C1. The first-order valence-electron chi connectivity index (χ1n) is 6.95. The van der Waals surface area contributed by atoms with Crippen LogP contribution in [-0.4, -0.2) is 41.8 Å². The first-order valence-corrected chi connectivity index (χ1v) is 6.95. The Morgan fingerprint density at radius 2 is 2.05 bits per heavy atom. The number of rotatable bonds is 5. The lowest BCUT2D eigenvalue weighted by Gasteiger charge is -2.24. The molecule has 1 heterocycles. The molecule has 0 saturated carbocycles. The Kier molecular flexibility index (Phi) is 4.66. The molecule has 1 aromatic rings. The average Bonchev–Trinajstić information content (AvgIpc) is 2.67. The quantitative estimate of drug-likeness (QED) is 0.795. The van der Waals surface area contributed by atoms with Crippen molar-refractivity contribution in [3.05, 3.63) is 24.3 Å². The van der Waals surface area contributed by atoms with Gasteiger partial charge in [-0.2, -0.15) is 0 Å². The minimum atomic E-state index is -0.453. The van der Waals surface area contributed by atoms with Crippen LogP contribution < -0.4 is 10.5 Å². The number of hydrogen-bond donors (Lipinski definition) is 2. The van der Waals surface area contributed by atoms with E-state index in [1.165, 1.54) is 6.42 Å². The van der Waals surface area contributed by atoms with Gasteiger partial charge in [-0.15, -0.1) is 0 Å². The van der Waals surface area contributed by atoms with Crippen LogP contribution in [0.15, 0.2) is 24.3 Å². The van der Waals surface area contributed by atoms with Crippen LogP contribution in [0.2, 0.25) is 0 Å². The highest BCUT2D eigenvalue weighted by Gasteiger charge is 2.27. The molecule has 19 heavy (non-hydrogen) atoms. The number of aliphatic hydroxyl groups is 1. The maximum atomic E-state index is 10.0. The van der Waals surface area contributed by atoms with Gasteiger partial charge in [-0.25, -0.2) is 0 Å². The van der Waals surface area contributed by atoms with Gasteiger partial charge in [0.1, 0.15) is 18.5 Å². The molecule has 0 aliphatic carbocycles. The predicted octanol–water partition coefficient (Wildman–Crippen LogP) is 1.74. The molecule has 3 unspecified atom stereocenters. The summed E-state index contributed by atoms with van der Waals surface area (Å²) in [5.41, 5.74) is 6.32. The Morgan fingerprint density at radius 3 is 2.63 bits per heavy atom.